The average molecular weight is 652 g/mol. The Kier molecular flexibility index (Phi) is 13.9. The SMILES string of the molecule is CC(=O)N[C@@H]1[C@@H](OC(C)=O)[C@H](OC(C)=O)[C@@H](COC(C)=O)O[C@H]1NC(=O)C[C@H](NC(=O)OCc1ccccc1)C(=O)OC(C)(C)C. The lowest BCUT2D eigenvalue weighted by molar-refractivity contribution is -0.228. The van der Waals surface area contributed by atoms with Crippen LogP contribution in [0.25, 0.3) is 0 Å². The zero-order chi connectivity index (χ0) is 34.6. The van der Waals surface area contributed by atoms with Crippen molar-refractivity contribution in [1.29, 1.82) is 0 Å². The number of alkyl carbamates (subject to hydrolysis) is 1. The Morgan fingerprint density at radius 2 is 1.43 bits per heavy atom. The second kappa shape index (κ2) is 17.1. The van der Waals surface area contributed by atoms with Gasteiger partial charge in [0, 0.05) is 27.7 Å². The summed E-state index contributed by atoms with van der Waals surface area (Å²) in [5.74, 6) is -4.77. The molecule has 3 N–H and O–H groups in total. The van der Waals surface area contributed by atoms with Gasteiger partial charge in [0.15, 0.2) is 18.4 Å². The van der Waals surface area contributed by atoms with Gasteiger partial charge in [0.25, 0.3) is 0 Å². The van der Waals surface area contributed by atoms with Crippen LogP contribution in [0.3, 0.4) is 0 Å². The quantitative estimate of drug-likeness (QED) is 0.211. The smallest absolute Gasteiger partial charge is 0.408 e. The van der Waals surface area contributed by atoms with Gasteiger partial charge in [-0.15, -0.1) is 0 Å². The summed E-state index contributed by atoms with van der Waals surface area (Å²) < 4.78 is 32.3. The lowest BCUT2D eigenvalue weighted by atomic mass is 9.95. The van der Waals surface area contributed by atoms with Crippen LogP contribution in [0.5, 0.6) is 0 Å². The fraction of sp³-hybridized carbons (Fsp3) is 0.567. The molecule has 0 unspecified atom stereocenters. The van der Waals surface area contributed by atoms with Crippen LogP contribution in [0.2, 0.25) is 0 Å². The van der Waals surface area contributed by atoms with Crippen LogP contribution >= 0.6 is 0 Å². The van der Waals surface area contributed by atoms with Gasteiger partial charge in [0.1, 0.15) is 37.0 Å². The molecule has 0 saturated carbocycles. The maximum Gasteiger partial charge on any atom is 0.408 e. The molecule has 16 heteroatoms. The Balaban J connectivity index is 2.33. The molecule has 0 aliphatic carbocycles. The van der Waals surface area contributed by atoms with E-state index in [0.717, 1.165) is 27.7 Å². The number of carbonyl (C=O) groups is 7. The van der Waals surface area contributed by atoms with Crippen molar-refractivity contribution >= 4 is 41.8 Å². The Morgan fingerprint density at radius 1 is 0.826 bits per heavy atom. The maximum absolute atomic E-state index is 13.4. The number of esters is 4. The molecule has 1 aromatic rings. The predicted molar refractivity (Wildman–Crippen MR) is 156 cm³/mol. The normalized spacial score (nSPS) is 21.4. The largest absolute Gasteiger partial charge is 0.463 e. The van der Waals surface area contributed by atoms with Crippen molar-refractivity contribution in [3.63, 3.8) is 0 Å². The minimum atomic E-state index is -1.53. The van der Waals surface area contributed by atoms with Crippen molar-refractivity contribution in [2.24, 2.45) is 0 Å². The lowest BCUT2D eigenvalue weighted by Gasteiger charge is -2.45. The Morgan fingerprint density at radius 3 is 1.98 bits per heavy atom. The molecule has 0 spiro atoms. The van der Waals surface area contributed by atoms with Crippen molar-refractivity contribution < 1.29 is 62.0 Å². The Bertz CT molecular complexity index is 1260. The predicted octanol–water partition coefficient (Wildman–Crippen LogP) is 0.786. The molecule has 1 fully saturated rings. The van der Waals surface area contributed by atoms with E-state index >= 15 is 0 Å². The first kappa shape index (κ1) is 37.5. The van der Waals surface area contributed by atoms with Gasteiger partial charge in [-0.25, -0.2) is 9.59 Å². The van der Waals surface area contributed by atoms with Crippen LogP contribution in [0.1, 0.15) is 60.5 Å². The molecule has 1 saturated heterocycles. The van der Waals surface area contributed by atoms with Gasteiger partial charge >= 0.3 is 30.0 Å². The Labute approximate surface area is 266 Å². The summed E-state index contributed by atoms with van der Waals surface area (Å²) in [6.45, 7) is 8.64. The molecule has 46 heavy (non-hydrogen) atoms. The van der Waals surface area contributed by atoms with E-state index in [1.165, 1.54) is 0 Å². The summed E-state index contributed by atoms with van der Waals surface area (Å²) in [6, 6.07) is 5.90. The van der Waals surface area contributed by atoms with Gasteiger partial charge in [-0.2, -0.15) is 0 Å². The third-order valence-electron chi connectivity index (χ3n) is 6.01. The highest BCUT2D eigenvalue weighted by molar-refractivity contribution is 5.88. The van der Waals surface area contributed by atoms with E-state index in [1.807, 2.05) is 0 Å². The molecule has 1 aromatic carbocycles. The molecule has 0 radical (unpaired) electrons. The third-order valence-corrected chi connectivity index (χ3v) is 6.01. The standard InChI is InChI=1S/C30H41N3O13/c1-16(34)31-24-26(44-19(4)37)25(43-18(3)36)22(15-41-17(2)35)45-27(24)33-23(38)13-21(28(39)46-30(5,6)7)32-29(40)42-14-20-11-9-8-10-12-20/h8-12,21-22,24-27H,13-15H2,1-7H3,(H,31,34)(H,32,40)(H,33,38)/t21-,22+,24+,25+,26+,27+/m0/s1. The number of hydrogen-bond donors (Lipinski definition) is 3. The van der Waals surface area contributed by atoms with E-state index in [2.05, 4.69) is 16.0 Å². The topological polar surface area (TPSA) is 211 Å². The number of ether oxygens (including phenoxy) is 6. The molecule has 0 aromatic heterocycles. The molecule has 16 nitrogen and oxygen atoms in total. The van der Waals surface area contributed by atoms with E-state index < -0.39 is 97.0 Å². The maximum atomic E-state index is 13.4. The molecule has 6 atom stereocenters. The molecular formula is C30H41N3O13. The van der Waals surface area contributed by atoms with Crippen LogP contribution in [0.4, 0.5) is 4.79 Å². The minimum Gasteiger partial charge on any atom is -0.463 e. The zero-order valence-corrected chi connectivity index (χ0v) is 26.8. The highest BCUT2D eigenvalue weighted by Gasteiger charge is 2.51. The van der Waals surface area contributed by atoms with Gasteiger partial charge in [-0.3, -0.25) is 24.0 Å². The lowest BCUT2D eigenvalue weighted by Crippen LogP contribution is -2.69. The van der Waals surface area contributed by atoms with E-state index in [-0.39, 0.29) is 6.61 Å². The van der Waals surface area contributed by atoms with Crippen LogP contribution in [-0.4, -0.2) is 90.6 Å². The van der Waals surface area contributed by atoms with Gasteiger partial charge in [-0.05, 0) is 26.3 Å². The summed E-state index contributed by atoms with van der Waals surface area (Å²) >= 11 is 0. The third kappa shape index (κ3) is 13.1. The number of rotatable bonds is 12. The molecule has 1 aliphatic rings. The summed E-state index contributed by atoms with van der Waals surface area (Å²) in [6.07, 6.45) is -7.22. The van der Waals surface area contributed by atoms with E-state index in [4.69, 9.17) is 28.4 Å². The molecule has 3 amide bonds. The van der Waals surface area contributed by atoms with E-state index in [9.17, 15) is 33.6 Å². The summed E-state index contributed by atoms with van der Waals surface area (Å²) in [5, 5.41) is 7.35. The van der Waals surface area contributed by atoms with Crippen LogP contribution in [0.15, 0.2) is 30.3 Å². The van der Waals surface area contributed by atoms with Crippen LogP contribution in [0, 0.1) is 0 Å². The monoisotopic (exact) mass is 651 g/mol. The van der Waals surface area contributed by atoms with Crippen molar-refractivity contribution in [2.45, 2.75) is 104 Å². The second-order valence-electron chi connectivity index (χ2n) is 11.3. The second-order valence-corrected chi connectivity index (χ2v) is 11.3. The fourth-order valence-corrected chi connectivity index (χ4v) is 4.33. The number of benzene rings is 1. The van der Waals surface area contributed by atoms with Crippen molar-refractivity contribution in [1.82, 2.24) is 16.0 Å². The van der Waals surface area contributed by atoms with E-state index in [0.29, 0.717) is 5.56 Å². The summed E-state index contributed by atoms with van der Waals surface area (Å²) in [5.41, 5.74) is -0.294. The number of nitrogens with one attached hydrogen (secondary N) is 3. The average Bonchev–Trinajstić information content (AvgIpc) is 2.92. The zero-order valence-electron chi connectivity index (χ0n) is 26.8. The van der Waals surface area contributed by atoms with Gasteiger partial charge < -0.3 is 44.4 Å². The van der Waals surface area contributed by atoms with Crippen LogP contribution in [-0.2, 0) is 63.8 Å². The van der Waals surface area contributed by atoms with Gasteiger partial charge in [0.05, 0.1) is 6.42 Å². The van der Waals surface area contributed by atoms with E-state index in [1.54, 1.807) is 51.1 Å². The highest BCUT2D eigenvalue weighted by atomic mass is 16.6. The first-order chi connectivity index (χ1) is 21.4. The number of amides is 3. The molecule has 0 bridgehead atoms. The first-order valence-electron chi connectivity index (χ1n) is 14.3. The molecule has 1 aliphatic heterocycles. The minimum absolute atomic E-state index is 0.112. The first-order valence-corrected chi connectivity index (χ1v) is 14.3. The molecule has 1 heterocycles. The Hall–Kier alpha value is -4.73. The van der Waals surface area contributed by atoms with Crippen molar-refractivity contribution in [2.75, 3.05) is 6.61 Å². The van der Waals surface area contributed by atoms with Crippen LogP contribution < -0.4 is 16.0 Å². The number of carbonyl (C=O) groups excluding carboxylic acids is 7. The molecule has 254 valence electrons. The summed E-state index contributed by atoms with van der Waals surface area (Å²) in [4.78, 5) is 86.7. The summed E-state index contributed by atoms with van der Waals surface area (Å²) in [7, 11) is 0. The van der Waals surface area contributed by atoms with Gasteiger partial charge in [-0.1, -0.05) is 30.3 Å². The van der Waals surface area contributed by atoms with Crippen molar-refractivity contribution in [3.05, 3.63) is 35.9 Å². The van der Waals surface area contributed by atoms with Crippen molar-refractivity contribution in [3.8, 4) is 0 Å². The molecular weight excluding hydrogens is 610 g/mol. The number of hydrogen-bond acceptors (Lipinski definition) is 13. The van der Waals surface area contributed by atoms with Gasteiger partial charge in [0.2, 0.25) is 11.8 Å². The fourth-order valence-electron chi connectivity index (χ4n) is 4.33. The molecule has 2 rings (SSSR count). The highest BCUT2D eigenvalue weighted by Crippen LogP contribution is 2.26.